The number of imidazole rings is 1. The molecule has 0 unspecified atom stereocenters. The first-order chi connectivity index (χ1) is 9.98. The summed E-state index contributed by atoms with van der Waals surface area (Å²) in [6.45, 7) is 0. The van der Waals surface area contributed by atoms with Gasteiger partial charge in [-0.15, -0.1) is 0 Å². The second-order valence-electron chi connectivity index (χ2n) is 4.99. The van der Waals surface area contributed by atoms with E-state index in [1.165, 1.54) is 6.20 Å². The molecule has 0 aliphatic heterocycles. The maximum absolute atomic E-state index is 13.0. The van der Waals surface area contributed by atoms with Crippen LogP contribution in [-0.4, -0.2) is 14.0 Å². The maximum Gasteiger partial charge on any atom is 0.433 e. The molecule has 4 aromatic rings. The number of para-hydroxylation sites is 1. The molecule has 3 nitrogen and oxygen atoms in total. The summed E-state index contributed by atoms with van der Waals surface area (Å²) in [5, 5.41) is 1.91. The van der Waals surface area contributed by atoms with Crippen molar-refractivity contribution < 1.29 is 13.2 Å². The lowest BCUT2D eigenvalue weighted by molar-refractivity contribution is -0.141. The van der Waals surface area contributed by atoms with Crippen LogP contribution >= 0.6 is 0 Å². The monoisotopic (exact) mass is 289 g/mol. The molecule has 6 heteroatoms. The first-order valence-electron chi connectivity index (χ1n) is 6.39. The van der Waals surface area contributed by atoms with Gasteiger partial charge in [-0.1, -0.05) is 18.2 Å². The zero-order chi connectivity index (χ0) is 14.8. The van der Waals surface area contributed by atoms with Crippen LogP contribution in [0.5, 0.6) is 0 Å². The number of hydrogen-bond acceptors (Lipinski definition) is 1. The molecular formula is C15H10F3N3. The van der Waals surface area contributed by atoms with Gasteiger partial charge in [0.1, 0.15) is 5.69 Å². The van der Waals surface area contributed by atoms with Gasteiger partial charge in [0.05, 0.1) is 11.7 Å². The second kappa shape index (κ2) is 3.78. The Kier molecular flexibility index (Phi) is 2.21. The second-order valence-corrected chi connectivity index (χ2v) is 4.99. The van der Waals surface area contributed by atoms with Crippen molar-refractivity contribution in [2.75, 3.05) is 0 Å². The van der Waals surface area contributed by atoms with Gasteiger partial charge in [-0.2, -0.15) is 13.2 Å². The maximum atomic E-state index is 13.0. The average molecular weight is 289 g/mol. The third-order valence-corrected chi connectivity index (χ3v) is 3.84. The highest BCUT2D eigenvalue weighted by Crippen LogP contribution is 2.34. The van der Waals surface area contributed by atoms with E-state index in [0.717, 1.165) is 26.9 Å². The fraction of sp³-hybridized carbons (Fsp3) is 0.133. The van der Waals surface area contributed by atoms with Crippen LogP contribution < -0.4 is 0 Å². The topological polar surface area (TPSA) is 22.2 Å². The molecule has 0 spiro atoms. The Labute approximate surface area is 117 Å². The molecule has 0 N–H and O–H groups in total. The number of rotatable bonds is 0. The number of pyridine rings is 1. The minimum Gasteiger partial charge on any atom is -0.341 e. The highest BCUT2D eigenvalue weighted by molar-refractivity contribution is 6.12. The van der Waals surface area contributed by atoms with E-state index in [0.29, 0.717) is 11.2 Å². The molecule has 4 rings (SSSR count). The third-order valence-electron chi connectivity index (χ3n) is 3.84. The summed E-state index contributed by atoms with van der Waals surface area (Å²) in [5.41, 5.74) is 1.23. The van der Waals surface area contributed by atoms with Crippen LogP contribution in [0.2, 0.25) is 0 Å². The molecule has 0 saturated heterocycles. The zero-order valence-electron chi connectivity index (χ0n) is 11.0. The van der Waals surface area contributed by atoms with Crippen molar-refractivity contribution in [3.63, 3.8) is 0 Å². The van der Waals surface area contributed by atoms with Crippen LogP contribution in [-0.2, 0) is 13.2 Å². The standard InChI is InChI=1S/C15H10F3N3/c1-20-11-5-3-2-4-9(11)10-6-7-21-12(15(16,17)18)8-19-14(21)13(10)20/h2-8H,1H3. The van der Waals surface area contributed by atoms with Crippen LogP contribution in [0.3, 0.4) is 0 Å². The lowest BCUT2D eigenvalue weighted by Gasteiger charge is -2.06. The van der Waals surface area contributed by atoms with Gasteiger partial charge >= 0.3 is 6.18 Å². The lowest BCUT2D eigenvalue weighted by Crippen LogP contribution is -2.08. The molecule has 0 radical (unpaired) electrons. The van der Waals surface area contributed by atoms with Gasteiger partial charge < -0.3 is 4.57 Å². The van der Waals surface area contributed by atoms with Gasteiger partial charge in [0.2, 0.25) is 0 Å². The van der Waals surface area contributed by atoms with Crippen molar-refractivity contribution >= 4 is 27.5 Å². The number of aromatic nitrogens is 3. The van der Waals surface area contributed by atoms with Crippen LogP contribution in [0.4, 0.5) is 13.2 Å². The predicted octanol–water partition coefficient (Wildman–Crippen LogP) is 4.00. The molecular weight excluding hydrogens is 279 g/mol. The minimum atomic E-state index is -4.42. The van der Waals surface area contributed by atoms with Gasteiger partial charge in [-0.05, 0) is 12.1 Å². The molecule has 0 atom stereocenters. The summed E-state index contributed by atoms with van der Waals surface area (Å²) < 4.78 is 41.9. The molecule has 0 fully saturated rings. The van der Waals surface area contributed by atoms with Crippen LogP contribution in [0.1, 0.15) is 5.69 Å². The summed E-state index contributed by atoms with van der Waals surface area (Å²) >= 11 is 0. The van der Waals surface area contributed by atoms with Gasteiger partial charge in [0.25, 0.3) is 0 Å². The van der Waals surface area contributed by atoms with E-state index >= 15 is 0 Å². The summed E-state index contributed by atoms with van der Waals surface area (Å²) in [6.07, 6.45) is -2.11. The third kappa shape index (κ3) is 1.53. The van der Waals surface area contributed by atoms with E-state index in [2.05, 4.69) is 4.98 Å². The van der Waals surface area contributed by atoms with E-state index in [1.807, 2.05) is 35.9 Å². The first-order valence-corrected chi connectivity index (χ1v) is 6.39. The SMILES string of the molecule is Cn1c2ccccc2c2ccn3c(C(F)(F)F)cnc3c21. The minimum absolute atomic E-state index is 0.318. The molecule has 0 bridgehead atoms. The van der Waals surface area contributed by atoms with Crippen molar-refractivity contribution in [3.8, 4) is 0 Å². The Balaban J connectivity index is 2.23. The Morgan fingerprint density at radius 2 is 1.81 bits per heavy atom. The average Bonchev–Trinajstić information content (AvgIpc) is 2.99. The number of hydrogen-bond donors (Lipinski definition) is 0. The molecule has 0 saturated carbocycles. The van der Waals surface area contributed by atoms with Crippen molar-refractivity contribution in [2.45, 2.75) is 6.18 Å². The van der Waals surface area contributed by atoms with Gasteiger partial charge in [-0.3, -0.25) is 4.40 Å². The van der Waals surface area contributed by atoms with Gasteiger partial charge in [0, 0.05) is 29.5 Å². The largest absolute Gasteiger partial charge is 0.433 e. The van der Waals surface area contributed by atoms with Crippen LogP contribution in [0.25, 0.3) is 27.5 Å². The number of alkyl halides is 3. The normalized spacial score (nSPS) is 12.8. The number of benzene rings is 1. The smallest absolute Gasteiger partial charge is 0.341 e. The van der Waals surface area contributed by atoms with E-state index in [-0.39, 0.29) is 0 Å². The predicted molar refractivity (Wildman–Crippen MR) is 74.2 cm³/mol. The molecule has 3 aromatic heterocycles. The van der Waals surface area contributed by atoms with Crippen molar-refractivity contribution in [2.24, 2.45) is 7.05 Å². The fourth-order valence-corrected chi connectivity index (χ4v) is 2.91. The number of aryl methyl sites for hydroxylation is 1. The molecule has 3 heterocycles. The van der Waals surface area contributed by atoms with Crippen molar-refractivity contribution in [1.29, 1.82) is 0 Å². The highest BCUT2D eigenvalue weighted by atomic mass is 19.4. The van der Waals surface area contributed by atoms with Gasteiger partial charge in [0.15, 0.2) is 5.65 Å². The molecule has 21 heavy (non-hydrogen) atoms. The van der Waals surface area contributed by atoms with E-state index in [1.54, 1.807) is 6.07 Å². The van der Waals surface area contributed by atoms with Crippen molar-refractivity contribution in [1.82, 2.24) is 14.0 Å². The molecule has 106 valence electrons. The summed E-state index contributed by atoms with van der Waals surface area (Å²) in [5.74, 6) is 0. The summed E-state index contributed by atoms with van der Waals surface area (Å²) in [7, 11) is 1.84. The van der Waals surface area contributed by atoms with E-state index in [4.69, 9.17) is 0 Å². The lowest BCUT2D eigenvalue weighted by atomic mass is 10.2. The van der Waals surface area contributed by atoms with Crippen LogP contribution in [0, 0.1) is 0 Å². The zero-order valence-corrected chi connectivity index (χ0v) is 11.0. The molecule has 0 amide bonds. The summed E-state index contributed by atoms with van der Waals surface area (Å²) in [6, 6.07) is 9.44. The molecule has 1 aromatic carbocycles. The Bertz CT molecular complexity index is 992. The molecule has 0 aliphatic carbocycles. The highest BCUT2D eigenvalue weighted by Gasteiger charge is 2.34. The van der Waals surface area contributed by atoms with E-state index in [9.17, 15) is 13.2 Å². The number of nitrogens with zero attached hydrogens (tertiary/aromatic N) is 3. The summed E-state index contributed by atoms with van der Waals surface area (Å²) in [4.78, 5) is 3.99. The quantitative estimate of drug-likeness (QED) is 0.479. The fourth-order valence-electron chi connectivity index (χ4n) is 2.91. The first kappa shape index (κ1) is 12.3. The van der Waals surface area contributed by atoms with E-state index < -0.39 is 11.9 Å². The van der Waals surface area contributed by atoms with Gasteiger partial charge in [-0.25, -0.2) is 4.98 Å². The van der Waals surface area contributed by atoms with Crippen molar-refractivity contribution in [3.05, 3.63) is 48.4 Å². The Hall–Kier alpha value is -2.50. The Morgan fingerprint density at radius 3 is 2.57 bits per heavy atom. The number of halogens is 3. The van der Waals surface area contributed by atoms with Crippen LogP contribution in [0.15, 0.2) is 42.7 Å². The Morgan fingerprint density at radius 1 is 1.05 bits per heavy atom. The molecule has 0 aliphatic rings. The number of fused-ring (bicyclic) bond motifs is 5.